The van der Waals surface area contributed by atoms with Gasteiger partial charge in [-0.05, 0) is 65.9 Å². The number of halogens is 1. The molecule has 0 spiro atoms. The molecule has 0 radical (unpaired) electrons. The lowest BCUT2D eigenvalue weighted by atomic mass is 9.85. The molecule has 2 heterocycles. The second kappa shape index (κ2) is 6.72. The first-order valence-corrected chi connectivity index (χ1v) is 9.25. The first-order valence-electron chi connectivity index (χ1n) is 8.46. The molecule has 3 aromatic rings. The number of hydrogen-bond acceptors (Lipinski definition) is 5. The van der Waals surface area contributed by atoms with Crippen molar-refractivity contribution < 1.29 is 9.84 Å². The molecule has 25 heavy (non-hydrogen) atoms. The highest BCUT2D eigenvalue weighted by molar-refractivity contribution is 9.10. The van der Waals surface area contributed by atoms with Crippen molar-refractivity contribution in [2.45, 2.75) is 38.8 Å². The summed E-state index contributed by atoms with van der Waals surface area (Å²) in [6, 6.07) is 7.43. The molecule has 7 heteroatoms. The van der Waals surface area contributed by atoms with Gasteiger partial charge in [0.15, 0.2) is 0 Å². The van der Waals surface area contributed by atoms with Gasteiger partial charge in [-0.1, -0.05) is 11.6 Å². The Kier molecular flexibility index (Phi) is 4.43. The van der Waals surface area contributed by atoms with Crippen molar-refractivity contribution >= 4 is 27.0 Å². The van der Waals surface area contributed by atoms with Crippen LogP contribution in [0.25, 0.3) is 11.0 Å². The van der Waals surface area contributed by atoms with E-state index >= 15 is 0 Å². The summed E-state index contributed by atoms with van der Waals surface area (Å²) in [5.74, 6) is 1.70. The van der Waals surface area contributed by atoms with Gasteiger partial charge in [0, 0.05) is 18.3 Å². The third kappa shape index (κ3) is 3.14. The minimum absolute atomic E-state index is 0.388. The molecule has 0 aliphatic heterocycles. The van der Waals surface area contributed by atoms with Crippen LogP contribution in [0.5, 0.6) is 11.6 Å². The van der Waals surface area contributed by atoms with E-state index < -0.39 is 6.10 Å². The van der Waals surface area contributed by atoms with Crippen molar-refractivity contribution in [3.05, 3.63) is 40.5 Å². The standard InChI is InChI=1S/C18H19BrN4O2/c1-11(24)13-6-3-9-20-18(13)25-15-8-7-14-17(16(15)19)21-22-23(14)10-12-4-2-5-12/h3,6-9,11-12,24H,2,4-5,10H2,1H3. The third-order valence-electron chi connectivity index (χ3n) is 4.70. The van der Waals surface area contributed by atoms with E-state index in [1.807, 2.05) is 16.8 Å². The lowest BCUT2D eigenvalue weighted by Crippen LogP contribution is -2.18. The van der Waals surface area contributed by atoms with E-state index in [1.54, 1.807) is 25.3 Å². The molecule has 1 N–H and O–H groups in total. The molecular weight excluding hydrogens is 384 g/mol. The molecule has 2 aromatic heterocycles. The first-order chi connectivity index (χ1) is 12.1. The molecule has 1 saturated carbocycles. The molecule has 130 valence electrons. The normalized spacial score (nSPS) is 16.0. The number of ether oxygens (including phenoxy) is 1. The summed E-state index contributed by atoms with van der Waals surface area (Å²) in [5.41, 5.74) is 2.40. The van der Waals surface area contributed by atoms with Gasteiger partial charge in [0.2, 0.25) is 5.88 Å². The SMILES string of the molecule is CC(O)c1cccnc1Oc1ccc2c(nnn2CC2CCC2)c1Br. The van der Waals surface area contributed by atoms with Gasteiger partial charge < -0.3 is 9.84 Å². The number of benzene rings is 1. The molecule has 1 aliphatic carbocycles. The number of hydrogen-bond donors (Lipinski definition) is 1. The van der Waals surface area contributed by atoms with Crippen LogP contribution in [0.1, 0.15) is 37.9 Å². The maximum absolute atomic E-state index is 9.88. The van der Waals surface area contributed by atoms with E-state index in [0.717, 1.165) is 22.1 Å². The second-order valence-electron chi connectivity index (χ2n) is 6.49. The Labute approximate surface area is 154 Å². The summed E-state index contributed by atoms with van der Waals surface area (Å²) in [5, 5.41) is 18.5. The zero-order chi connectivity index (χ0) is 17.4. The van der Waals surface area contributed by atoms with Crippen LogP contribution in [-0.4, -0.2) is 25.1 Å². The smallest absolute Gasteiger partial charge is 0.225 e. The molecule has 6 nitrogen and oxygen atoms in total. The van der Waals surface area contributed by atoms with Crippen LogP contribution in [0.15, 0.2) is 34.9 Å². The fourth-order valence-electron chi connectivity index (χ4n) is 3.03. The quantitative estimate of drug-likeness (QED) is 0.690. The van der Waals surface area contributed by atoms with Crippen LogP contribution >= 0.6 is 15.9 Å². The largest absolute Gasteiger partial charge is 0.437 e. The average molecular weight is 403 g/mol. The van der Waals surface area contributed by atoms with Crippen LogP contribution in [0, 0.1) is 5.92 Å². The maximum atomic E-state index is 9.88. The average Bonchev–Trinajstić information content (AvgIpc) is 2.97. The van der Waals surface area contributed by atoms with Gasteiger partial charge in [-0.3, -0.25) is 0 Å². The Balaban J connectivity index is 1.66. The Hall–Kier alpha value is -1.99. The Morgan fingerprint density at radius 2 is 2.20 bits per heavy atom. The van der Waals surface area contributed by atoms with Gasteiger partial charge in [0.25, 0.3) is 0 Å². The monoisotopic (exact) mass is 402 g/mol. The molecule has 1 atom stereocenters. The number of fused-ring (bicyclic) bond motifs is 1. The lowest BCUT2D eigenvalue weighted by Gasteiger charge is -2.24. The van der Waals surface area contributed by atoms with Crippen LogP contribution in [-0.2, 0) is 6.54 Å². The van der Waals surface area contributed by atoms with Gasteiger partial charge >= 0.3 is 0 Å². The van der Waals surface area contributed by atoms with Crippen molar-refractivity contribution in [2.75, 3.05) is 0 Å². The Morgan fingerprint density at radius 3 is 2.92 bits per heavy atom. The van der Waals surface area contributed by atoms with Crippen molar-refractivity contribution in [1.82, 2.24) is 20.0 Å². The summed E-state index contributed by atoms with van der Waals surface area (Å²) < 4.78 is 8.65. The second-order valence-corrected chi connectivity index (χ2v) is 7.28. The molecule has 0 amide bonds. The number of aliphatic hydroxyl groups is 1. The zero-order valence-corrected chi connectivity index (χ0v) is 15.5. The van der Waals surface area contributed by atoms with E-state index in [9.17, 15) is 5.11 Å². The summed E-state index contributed by atoms with van der Waals surface area (Å²) >= 11 is 3.58. The fraction of sp³-hybridized carbons (Fsp3) is 0.389. The van der Waals surface area contributed by atoms with Gasteiger partial charge in [0.1, 0.15) is 11.3 Å². The van der Waals surface area contributed by atoms with Crippen LogP contribution < -0.4 is 4.74 Å². The fourth-order valence-corrected chi connectivity index (χ4v) is 3.53. The van der Waals surface area contributed by atoms with Gasteiger partial charge in [0.05, 0.1) is 16.1 Å². The summed E-state index contributed by atoms with van der Waals surface area (Å²) in [7, 11) is 0. The molecule has 1 aliphatic rings. The van der Waals surface area contributed by atoms with Crippen LogP contribution in [0.3, 0.4) is 0 Å². The van der Waals surface area contributed by atoms with Gasteiger partial charge in [-0.15, -0.1) is 5.10 Å². The van der Waals surface area contributed by atoms with E-state index in [0.29, 0.717) is 23.1 Å². The molecule has 0 bridgehead atoms. The van der Waals surface area contributed by atoms with E-state index in [1.165, 1.54) is 19.3 Å². The predicted octanol–water partition coefficient (Wildman–Crippen LogP) is 4.23. The minimum atomic E-state index is -0.658. The summed E-state index contributed by atoms with van der Waals surface area (Å²) in [4.78, 5) is 4.24. The number of rotatable bonds is 5. The summed E-state index contributed by atoms with van der Waals surface area (Å²) in [6.45, 7) is 2.60. The zero-order valence-electron chi connectivity index (χ0n) is 13.9. The Bertz CT molecular complexity index is 905. The van der Waals surface area contributed by atoms with E-state index in [-0.39, 0.29) is 0 Å². The topological polar surface area (TPSA) is 73.1 Å². The molecule has 1 aromatic carbocycles. The van der Waals surface area contributed by atoms with E-state index in [4.69, 9.17) is 4.74 Å². The molecule has 4 rings (SSSR count). The number of pyridine rings is 1. The third-order valence-corrected chi connectivity index (χ3v) is 5.47. The van der Waals surface area contributed by atoms with Crippen molar-refractivity contribution in [3.63, 3.8) is 0 Å². The van der Waals surface area contributed by atoms with Gasteiger partial charge in [-0.25, -0.2) is 9.67 Å². The lowest BCUT2D eigenvalue weighted by molar-refractivity contribution is 0.194. The maximum Gasteiger partial charge on any atom is 0.225 e. The molecular formula is C18H19BrN4O2. The highest BCUT2D eigenvalue weighted by atomic mass is 79.9. The summed E-state index contributed by atoms with van der Waals surface area (Å²) in [6.07, 6.45) is 4.84. The number of aliphatic hydroxyl groups excluding tert-OH is 1. The predicted molar refractivity (Wildman–Crippen MR) is 97.5 cm³/mol. The molecule has 1 fully saturated rings. The first kappa shape index (κ1) is 16.5. The highest BCUT2D eigenvalue weighted by Crippen LogP contribution is 2.37. The number of nitrogens with zero attached hydrogens (tertiary/aromatic N) is 4. The van der Waals surface area contributed by atoms with Crippen LogP contribution in [0.4, 0.5) is 0 Å². The van der Waals surface area contributed by atoms with E-state index in [2.05, 4.69) is 31.2 Å². The van der Waals surface area contributed by atoms with Gasteiger partial charge in [-0.2, -0.15) is 0 Å². The molecule has 1 unspecified atom stereocenters. The van der Waals surface area contributed by atoms with Crippen molar-refractivity contribution in [3.8, 4) is 11.6 Å². The minimum Gasteiger partial charge on any atom is -0.437 e. The Morgan fingerprint density at radius 1 is 1.36 bits per heavy atom. The van der Waals surface area contributed by atoms with Crippen molar-refractivity contribution in [1.29, 1.82) is 0 Å². The number of aromatic nitrogens is 4. The van der Waals surface area contributed by atoms with Crippen LogP contribution in [0.2, 0.25) is 0 Å². The highest BCUT2D eigenvalue weighted by Gasteiger charge is 2.21. The molecule has 0 saturated heterocycles. The van der Waals surface area contributed by atoms with Crippen molar-refractivity contribution in [2.24, 2.45) is 5.92 Å².